The van der Waals surface area contributed by atoms with Crippen LogP contribution in [0.3, 0.4) is 0 Å². The molecule has 5 nitrogen and oxygen atoms in total. The van der Waals surface area contributed by atoms with Crippen molar-refractivity contribution in [1.29, 1.82) is 0 Å². The highest BCUT2D eigenvalue weighted by molar-refractivity contribution is 5.75. The van der Waals surface area contributed by atoms with Crippen LogP contribution < -0.4 is 0 Å². The van der Waals surface area contributed by atoms with E-state index in [-0.39, 0.29) is 32.5 Å². The van der Waals surface area contributed by atoms with E-state index >= 15 is 0 Å². The quantitative estimate of drug-likeness (QED) is 0.879. The van der Waals surface area contributed by atoms with E-state index in [4.69, 9.17) is 4.74 Å². The van der Waals surface area contributed by atoms with Gasteiger partial charge in [0.05, 0.1) is 11.3 Å². The predicted molar refractivity (Wildman–Crippen MR) is 89.8 cm³/mol. The fourth-order valence-corrected chi connectivity index (χ4v) is 4.19. The first-order valence-electron chi connectivity index (χ1n) is 8.92. The molecule has 1 aromatic carbocycles. The Labute approximate surface area is 150 Å². The second kappa shape index (κ2) is 7.21. The van der Waals surface area contributed by atoms with Gasteiger partial charge in [-0.05, 0) is 18.4 Å². The lowest BCUT2D eigenvalue weighted by Gasteiger charge is -2.38. The van der Waals surface area contributed by atoms with Crippen molar-refractivity contribution in [2.75, 3.05) is 13.1 Å². The topological polar surface area (TPSA) is 66.8 Å². The van der Waals surface area contributed by atoms with Crippen LogP contribution in [0, 0.1) is 11.3 Å². The maximum atomic E-state index is 14.9. The minimum absolute atomic E-state index is 0.0251. The van der Waals surface area contributed by atoms with Gasteiger partial charge >= 0.3 is 12.1 Å². The summed E-state index contributed by atoms with van der Waals surface area (Å²) in [6.07, 6.45) is 0.619. The fourth-order valence-electron chi connectivity index (χ4n) is 4.19. The normalized spacial score (nSPS) is 27.9. The monoisotopic (exact) mass is 367 g/mol. The summed E-state index contributed by atoms with van der Waals surface area (Å²) in [4.78, 5) is 25.2. The largest absolute Gasteiger partial charge is 0.481 e. The van der Waals surface area contributed by atoms with Gasteiger partial charge in [-0.15, -0.1) is 0 Å². The van der Waals surface area contributed by atoms with Crippen LogP contribution in [0.2, 0.25) is 0 Å². The molecule has 1 saturated carbocycles. The van der Waals surface area contributed by atoms with E-state index in [9.17, 15) is 23.5 Å². The van der Waals surface area contributed by atoms with Crippen molar-refractivity contribution in [1.82, 2.24) is 4.90 Å². The van der Waals surface area contributed by atoms with Crippen LogP contribution in [0.1, 0.15) is 37.7 Å². The number of rotatable bonds is 3. The molecule has 2 aliphatic rings. The van der Waals surface area contributed by atoms with Gasteiger partial charge < -0.3 is 14.7 Å². The smallest absolute Gasteiger partial charge is 0.410 e. The van der Waals surface area contributed by atoms with Crippen LogP contribution in [-0.4, -0.2) is 41.1 Å². The number of carbonyl (C=O) groups excluding carboxylic acids is 1. The molecule has 2 fully saturated rings. The Hall–Kier alpha value is -2.18. The number of carbonyl (C=O) groups is 2. The van der Waals surface area contributed by atoms with E-state index in [1.54, 1.807) is 24.3 Å². The molecule has 1 heterocycles. The lowest BCUT2D eigenvalue weighted by molar-refractivity contribution is -0.168. The molecule has 0 bridgehead atoms. The van der Waals surface area contributed by atoms with Crippen LogP contribution in [0.5, 0.6) is 0 Å². The molecule has 1 aliphatic heterocycles. The van der Waals surface area contributed by atoms with Crippen LogP contribution in [0.15, 0.2) is 30.3 Å². The maximum Gasteiger partial charge on any atom is 0.410 e. The number of hydrogen-bond donors (Lipinski definition) is 1. The first kappa shape index (κ1) is 18.6. The number of alkyl halides is 2. The third kappa shape index (κ3) is 3.39. The summed E-state index contributed by atoms with van der Waals surface area (Å²) in [5, 5.41) is 9.55. The first-order chi connectivity index (χ1) is 12.4. The zero-order chi connectivity index (χ0) is 18.8. The lowest BCUT2D eigenvalue weighted by atomic mass is 9.69. The molecule has 2 atom stereocenters. The van der Waals surface area contributed by atoms with Crippen molar-refractivity contribution < 1.29 is 28.2 Å². The van der Waals surface area contributed by atoms with Gasteiger partial charge in [0.2, 0.25) is 0 Å². The third-order valence-corrected chi connectivity index (χ3v) is 5.65. The number of carboxylic acids is 1. The van der Waals surface area contributed by atoms with Crippen LogP contribution in [0.4, 0.5) is 13.6 Å². The lowest BCUT2D eigenvalue weighted by Crippen LogP contribution is -2.49. The number of likely N-dealkylation sites (tertiary alicyclic amines) is 1. The number of hydrogen-bond acceptors (Lipinski definition) is 3. The first-order valence-corrected chi connectivity index (χ1v) is 8.92. The number of benzene rings is 1. The summed E-state index contributed by atoms with van der Waals surface area (Å²) in [5.74, 6) is -5.66. The van der Waals surface area contributed by atoms with Gasteiger partial charge in [-0.3, -0.25) is 4.79 Å². The Balaban J connectivity index is 1.76. The molecule has 3 rings (SSSR count). The maximum absolute atomic E-state index is 14.9. The fraction of sp³-hybridized carbons (Fsp3) is 0.579. The highest BCUT2D eigenvalue weighted by atomic mass is 19.3. The van der Waals surface area contributed by atoms with Crippen LogP contribution in [0.25, 0.3) is 0 Å². The summed E-state index contributed by atoms with van der Waals surface area (Å²) in [5.41, 5.74) is -0.925. The molecule has 1 amide bonds. The zero-order valence-corrected chi connectivity index (χ0v) is 14.5. The molecule has 1 aliphatic carbocycles. The Bertz CT molecular complexity index is 667. The number of carboxylic acid groups (broad SMARTS) is 1. The van der Waals surface area contributed by atoms with Crippen LogP contribution in [-0.2, 0) is 16.1 Å². The van der Waals surface area contributed by atoms with E-state index in [2.05, 4.69) is 0 Å². The SMILES string of the molecule is O=C(O)C1CN(C(=O)OCc2ccccc2)CC12CCCCCC2(F)F. The molecular formula is C19H23F2NO4. The summed E-state index contributed by atoms with van der Waals surface area (Å²) in [6.45, 7) is -0.486. The number of nitrogens with zero attached hydrogens (tertiary/aromatic N) is 1. The molecule has 1 spiro atoms. The van der Waals surface area contributed by atoms with Crippen LogP contribution >= 0.6 is 0 Å². The van der Waals surface area contributed by atoms with E-state index in [1.165, 1.54) is 0 Å². The number of aliphatic carboxylic acids is 1. The molecule has 1 aromatic rings. The second-order valence-corrected chi connectivity index (χ2v) is 7.23. The predicted octanol–water partition coefficient (Wildman–Crippen LogP) is 3.93. The van der Waals surface area contributed by atoms with Gasteiger partial charge in [-0.1, -0.05) is 43.2 Å². The molecule has 2 unspecified atom stereocenters. The van der Waals surface area contributed by atoms with E-state index < -0.39 is 29.3 Å². The molecule has 26 heavy (non-hydrogen) atoms. The standard InChI is InChI=1S/C19H23F2NO4/c20-19(21)10-6-2-5-9-18(19)13-22(11-15(18)16(23)24)17(25)26-12-14-7-3-1-4-8-14/h1,3-4,7-8,15H,2,5-6,9-13H2,(H,23,24). The van der Waals surface area contributed by atoms with Gasteiger partial charge in [-0.25, -0.2) is 13.6 Å². The minimum Gasteiger partial charge on any atom is -0.481 e. The molecule has 142 valence electrons. The van der Waals surface area contributed by atoms with Crippen molar-refractivity contribution in [2.24, 2.45) is 11.3 Å². The molecule has 0 aromatic heterocycles. The average Bonchev–Trinajstić information content (AvgIpc) is 2.95. The third-order valence-electron chi connectivity index (χ3n) is 5.65. The molecular weight excluding hydrogens is 344 g/mol. The summed E-state index contributed by atoms with van der Waals surface area (Å²) >= 11 is 0. The van der Waals surface area contributed by atoms with Gasteiger partial charge in [0.1, 0.15) is 6.61 Å². The Kier molecular flexibility index (Phi) is 5.16. The number of amides is 1. The zero-order valence-electron chi connectivity index (χ0n) is 14.5. The summed E-state index contributed by atoms with van der Waals surface area (Å²) < 4.78 is 35.0. The number of ether oxygens (including phenoxy) is 1. The van der Waals surface area contributed by atoms with Crippen molar-refractivity contribution in [3.63, 3.8) is 0 Å². The minimum atomic E-state index is -3.11. The number of halogens is 2. The van der Waals surface area contributed by atoms with E-state index in [0.717, 1.165) is 10.5 Å². The van der Waals surface area contributed by atoms with Gasteiger partial charge in [0, 0.05) is 19.5 Å². The van der Waals surface area contributed by atoms with Crippen molar-refractivity contribution in [2.45, 2.75) is 44.6 Å². The highest BCUT2D eigenvalue weighted by Crippen LogP contribution is 2.55. The van der Waals surface area contributed by atoms with Gasteiger partial charge in [0.15, 0.2) is 0 Å². The van der Waals surface area contributed by atoms with Gasteiger partial charge in [-0.2, -0.15) is 0 Å². The highest BCUT2D eigenvalue weighted by Gasteiger charge is 2.64. The average molecular weight is 367 g/mol. The molecule has 1 saturated heterocycles. The van der Waals surface area contributed by atoms with Crippen molar-refractivity contribution in [3.05, 3.63) is 35.9 Å². The van der Waals surface area contributed by atoms with Gasteiger partial charge in [0.25, 0.3) is 5.92 Å². The second-order valence-electron chi connectivity index (χ2n) is 7.23. The molecule has 0 radical (unpaired) electrons. The van der Waals surface area contributed by atoms with Crippen molar-refractivity contribution >= 4 is 12.1 Å². The van der Waals surface area contributed by atoms with E-state index in [0.29, 0.717) is 19.3 Å². The van der Waals surface area contributed by atoms with E-state index in [1.807, 2.05) is 6.07 Å². The molecule has 1 N–H and O–H groups in total. The Morgan fingerprint density at radius 1 is 1.15 bits per heavy atom. The Morgan fingerprint density at radius 3 is 2.54 bits per heavy atom. The molecule has 7 heteroatoms. The summed E-state index contributed by atoms with van der Waals surface area (Å²) in [6, 6.07) is 9.03. The summed E-state index contributed by atoms with van der Waals surface area (Å²) in [7, 11) is 0. The van der Waals surface area contributed by atoms with Crippen molar-refractivity contribution in [3.8, 4) is 0 Å². The Morgan fingerprint density at radius 2 is 1.85 bits per heavy atom.